The van der Waals surface area contributed by atoms with E-state index in [1.165, 1.54) is 0 Å². The van der Waals surface area contributed by atoms with Crippen LogP contribution in [0.3, 0.4) is 0 Å². The number of nitrogens with zero attached hydrogens (tertiary/aromatic N) is 3. The van der Waals surface area contributed by atoms with Crippen molar-refractivity contribution in [2.24, 2.45) is 10.8 Å². The molecular weight excluding hydrogens is 433 g/mol. The van der Waals surface area contributed by atoms with E-state index >= 15 is 0 Å². The van der Waals surface area contributed by atoms with Crippen LogP contribution in [0, 0.1) is 22.2 Å². The Bertz CT molecular complexity index is 1140. The molecule has 1 N–H and O–H groups in total. The number of methoxy groups -OCH3 is 1. The van der Waals surface area contributed by atoms with Crippen molar-refractivity contribution in [1.82, 2.24) is 10.3 Å². The first-order chi connectivity index (χ1) is 15.7. The third-order valence-electron chi connectivity index (χ3n) is 7.84. The zero-order chi connectivity index (χ0) is 23.4. The highest BCUT2D eigenvalue weighted by Crippen LogP contribution is 2.75. The number of aromatic nitrogens is 1. The van der Waals surface area contributed by atoms with Crippen LogP contribution in [0.5, 0.6) is 0 Å². The molecule has 174 valence electrons. The average molecular weight is 458 g/mol. The number of piperidine rings is 1. The largest absolute Gasteiger partial charge is 0.397 e. The normalized spacial score (nSPS) is 31.2. The van der Waals surface area contributed by atoms with Gasteiger partial charge in [-0.1, -0.05) is 0 Å². The summed E-state index contributed by atoms with van der Waals surface area (Å²) in [4.78, 5) is 19.2. The number of rotatable bonds is 4. The van der Waals surface area contributed by atoms with E-state index in [0.717, 1.165) is 12.8 Å². The lowest BCUT2D eigenvalue weighted by Gasteiger charge is -2.30. The number of pyridine rings is 1. The Kier molecular flexibility index (Phi) is 5.05. The van der Waals surface area contributed by atoms with E-state index in [-0.39, 0.29) is 31.7 Å². The second kappa shape index (κ2) is 7.59. The van der Waals surface area contributed by atoms with Gasteiger partial charge in [0.15, 0.2) is 0 Å². The van der Waals surface area contributed by atoms with E-state index in [4.69, 9.17) is 4.74 Å². The second-order valence-corrected chi connectivity index (χ2v) is 9.52. The zero-order valence-corrected chi connectivity index (χ0v) is 18.3. The second-order valence-electron chi connectivity index (χ2n) is 9.52. The number of benzene rings is 1. The molecular formula is C24H25F3N4O2. The Hall–Kier alpha value is -2.86. The molecule has 33 heavy (non-hydrogen) atoms. The number of alkyl halides is 3. The Morgan fingerprint density at radius 1 is 1.24 bits per heavy atom. The van der Waals surface area contributed by atoms with Crippen LogP contribution in [-0.4, -0.2) is 49.4 Å². The van der Waals surface area contributed by atoms with Crippen molar-refractivity contribution in [2.45, 2.75) is 50.4 Å². The minimum Gasteiger partial charge on any atom is -0.381 e. The number of halogens is 3. The number of ether oxygens (including phenoxy) is 1. The molecule has 1 aromatic carbocycles. The molecule has 0 bridgehead atoms. The summed E-state index contributed by atoms with van der Waals surface area (Å²) in [7, 11) is 1.65. The Labute approximate surface area is 189 Å². The van der Waals surface area contributed by atoms with Gasteiger partial charge < -0.3 is 15.0 Å². The number of carbonyl (C=O) groups excluding carboxylic acids is 1. The van der Waals surface area contributed by atoms with Crippen molar-refractivity contribution in [3.05, 3.63) is 36.0 Å². The van der Waals surface area contributed by atoms with Gasteiger partial charge in [-0.05, 0) is 56.4 Å². The van der Waals surface area contributed by atoms with Crippen LogP contribution in [0.25, 0.3) is 10.9 Å². The Morgan fingerprint density at radius 2 is 2.00 bits per heavy atom. The molecule has 3 fully saturated rings. The van der Waals surface area contributed by atoms with Crippen molar-refractivity contribution in [1.29, 1.82) is 5.26 Å². The lowest BCUT2D eigenvalue weighted by molar-refractivity contribution is -0.191. The molecule has 1 aromatic heterocycles. The van der Waals surface area contributed by atoms with Crippen LogP contribution in [0.1, 0.15) is 37.7 Å². The van der Waals surface area contributed by atoms with Gasteiger partial charge in [0.05, 0.1) is 22.6 Å². The fraction of sp³-hybridized carbons (Fsp3) is 0.542. The predicted molar refractivity (Wildman–Crippen MR) is 115 cm³/mol. The Morgan fingerprint density at radius 3 is 2.67 bits per heavy atom. The summed E-state index contributed by atoms with van der Waals surface area (Å²) in [6.07, 6.45) is -0.00126. The molecule has 2 atom stereocenters. The van der Waals surface area contributed by atoms with Crippen LogP contribution in [-0.2, 0) is 9.53 Å². The molecule has 1 amide bonds. The van der Waals surface area contributed by atoms with Crippen molar-refractivity contribution in [3.8, 4) is 6.07 Å². The molecule has 0 radical (unpaired) electrons. The van der Waals surface area contributed by atoms with Gasteiger partial charge in [-0.25, -0.2) is 0 Å². The fourth-order valence-corrected chi connectivity index (χ4v) is 5.88. The van der Waals surface area contributed by atoms with E-state index in [1.54, 1.807) is 42.5 Å². The fourth-order valence-electron chi connectivity index (χ4n) is 5.88. The monoisotopic (exact) mass is 458 g/mol. The molecule has 2 heterocycles. The van der Waals surface area contributed by atoms with Crippen LogP contribution in [0.15, 0.2) is 30.5 Å². The van der Waals surface area contributed by atoms with E-state index < -0.39 is 22.9 Å². The maximum atomic E-state index is 14.3. The molecule has 3 aliphatic rings. The van der Waals surface area contributed by atoms with Gasteiger partial charge in [0, 0.05) is 43.5 Å². The minimum atomic E-state index is -4.49. The maximum Gasteiger partial charge on any atom is 0.397 e. The van der Waals surface area contributed by atoms with Gasteiger partial charge in [0.1, 0.15) is 11.5 Å². The number of anilines is 1. The summed E-state index contributed by atoms with van der Waals surface area (Å²) >= 11 is 0. The third kappa shape index (κ3) is 3.26. The number of hydrogen-bond donors (Lipinski definition) is 1. The summed E-state index contributed by atoms with van der Waals surface area (Å²) < 4.78 is 48.3. The summed E-state index contributed by atoms with van der Waals surface area (Å²) in [5, 5.41) is 12.9. The Balaban J connectivity index is 1.44. The van der Waals surface area contributed by atoms with Gasteiger partial charge in [-0.3, -0.25) is 9.78 Å². The highest BCUT2D eigenvalue weighted by atomic mass is 19.4. The number of fused-ring (bicyclic) bond motifs is 2. The topological polar surface area (TPSA) is 78.2 Å². The average Bonchev–Trinajstić information content (AvgIpc) is 3.36. The number of carbonyl (C=O) groups is 1. The van der Waals surface area contributed by atoms with Crippen LogP contribution in [0.2, 0.25) is 0 Å². The maximum absolute atomic E-state index is 14.3. The molecule has 2 aliphatic carbocycles. The summed E-state index contributed by atoms with van der Waals surface area (Å²) in [6, 6.07) is 8.65. The molecule has 2 saturated carbocycles. The molecule has 5 rings (SSSR count). The minimum absolute atomic E-state index is 0.0122. The number of nitriles is 1. The summed E-state index contributed by atoms with van der Waals surface area (Å²) in [5.74, 6) is -0.501. The van der Waals surface area contributed by atoms with Crippen molar-refractivity contribution in [2.75, 3.05) is 25.1 Å². The van der Waals surface area contributed by atoms with Gasteiger partial charge in [-0.2, -0.15) is 18.4 Å². The van der Waals surface area contributed by atoms with E-state index in [2.05, 4.69) is 16.4 Å². The highest BCUT2D eigenvalue weighted by molar-refractivity contribution is 5.97. The smallest absolute Gasteiger partial charge is 0.381 e. The zero-order valence-electron chi connectivity index (χ0n) is 18.3. The molecule has 1 aliphatic heterocycles. The van der Waals surface area contributed by atoms with Crippen molar-refractivity contribution < 1.29 is 22.7 Å². The van der Waals surface area contributed by atoms with E-state index in [0.29, 0.717) is 35.0 Å². The first-order valence-corrected chi connectivity index (χ1v) is 11.2. The first-order valence-electron chi connectivity index (χ1n) is 11.2. The lowest BCUT2D eigenvalue weighted by atomic mass is 9.90. The number of nitrogens with one attached hydrogen (secondary N) is 1. The van der Waals surface area contributed by atoms with Crippen LogP contribution < -0.4 is 10.2 Å². The summed E-state index contributed by atoms with van der Waals surface area (Å²) in [6.45, 7) is -0.294. The molecule has 9 heteroatoms. The molecule has 6 nitrogen and oxygen atoms in total. The number of amides is 1. The van der Waals surface area contributed by atoms with Gasteiger partial charge in [0.25, 0.3) is 0 Å². The molecule has 0 spiro atoms. The predicted octanol–water partition coefficient (Wildman–Crippen LogP) is 3.94. The van der Waals surface area contributed by atoms with E-state index in [1.807, 2.05) is 0 Å². The van der Waals surface area contributed by atoms with Gasteiger partial charge in [-0.15, -0.1) is 0 Å². The standard InChI is InChI=1S/C24H25F3N4O2/c1-33-17-7-5-16(6-8-17)30-21(32)22-12-23(22,24(25,26)27)14-31(13-22)19-9-4-15(11-28)20-18(19)3-2-10-29-20/h2-4,9-10,16-17H,5-8,12-14H2,1H3,(H,30,32)/t16-,17-,22?,23?. The SMILES string of the molecule is CO[C@H]1CC[C@H](NC(=O)C23CN(c4ccc(C#N)c5ncccc45)CC2(C(F)(F)F)C3)CC1. The first kappa shape index (κ1) is 22.0. The van der Waals surface area contributed by atoms with E-state index in [9.17, 15) is 23.2 Å². The lowest BCUT2D eigenvalue weighted by Crippen LogP contribution is -2.46. The third-order valence-corrected chi connectivity index (χ3v) is 7.84. The van der Waals surface area contributed by atoms with Crippen LogP contribution in [0.4, 0.5) is 18.9 Å². The highest BCUT2D eigenvalue weighted by Gasteiger charge is 2.86. The molecule has 2 unspecified atom stereocenters. The van der Waals surface area contributed by atoms with Gasteiger partial charge in [0.2, 0.25) is 5.91 Å². The molecule has 2 aromatic rings. The van der Waals surface area contributed by atoms with Gasteiger partial charge >= 0.3 is 6.18 Å². The van der Waals surface area contributed by atoms with Crippen molar-refractivity contribution in [3.63, 3.8) is 0 Å². The number of hydrogen-bond acceptors (Lipinski definition) is 5. The molecule has 1 saturated heterocycles. The quantitative estimate of drug-likeness (QED) is 0.751. The van der Waals surface area contributed by atoms with Crippen molar-refractivity contribution >= 4 is 22.5 Å². The summed E-state index contributed by atoms with van der Waals surface area (Å²) in [5.41, 5.74) is -2.17. The van der Waals surface area contributed by atoms with Crippen LogP contribution >= 0.6 is 0 Å².